The lowest BCUT2D eigenvalue weighted by atomic mass is 9.78. The van der Waals surface area contributed by atoms with Crippen molar-refractivity contribution in [3.8, 4) is 0 Å². The number of hydrogen-bond acceptors (Lipinski definition) is 2. The van der Waals surface area contributed by atoms with Crippen molar-refractivity contribution in [1.82, 2.24) is 5.32 Å². The molecule has 0 radical (unpaired) electrons. The van der Waals surface area contributed by atoms with Crippen molar-refractivity contribution in [2.75, 3.05) is 6.54 Å². The fraction of sp³-hybridized carbons (Fsp3) is 0.462. The van der Waals surface area contributed by atoms with Gasteiger partial charge in [0.25, 0.3) is 5.91 Å². The van der Waals surface area contributed by atoms with Gasteiger partial charge >= 0.3 is 0 Å². The quantitative estimate of drug-likeness (QED) is 0.867. The van der Waals surface area contributed by atoms with E-state index in [1.165, 1.54) is 0 Å². The predicted molar refractivity (Wildman–Crippen MR) is 69.3 cm³/mol. The third kappa shape index (κ3) is 2.61. The molecule has 0 bridgehead atoms. The molecule has 3 N–H and O–H groups in total. The van der Waals surface area contributed by atoms with E-state index < -0.39 is 0 Å². The topological polar surface area (TPSA) is 55.1 Å². The summed E-state index contributed by atoms with van der Waals surface area (Å²) in [6.45, 7) is 2.41. The summed E-state index contributed by atoms with van der Waals surface area (Å²) in [5.41, 5.74) is 7.28. The van der Waals surface area contributed by atoms with Crippen LogP contribution >= 0.6 is 11.6 Å². The highest BCUT2D eigenvalue weighted by atomic mass is 35.5. The van der Waals surface area contributed by atoms with E-state index in [4.69, 9.17) is 17.3 Å². The fourth-order valence-electron chi connectivity index (χ4n) is 1.98. The molecular weight excluding hydrogens is 236 g/mol. The van der Waals surface area contributed by atoms with Crippen LogP contribution in [0.5, 0.6) is 0 Å². The lowest BCUT2D eigenvalue weighted by Gasteiger charge is -2.38. The summed E-state index contributed by atoms with van der Waals surface area (Å²) < 4.78 is 0. The average Bonchev–Trinajstić information content (AvgIpc) is 2.27. The van der Waals surface area contributed by atoms with Gasteiger partial charge in [0.2, 0.25) is 0 Å². The van der Waals surface area contributed by atoms with Crippen molar-refractivity contribution in [1.29, 1.82) is 0 Å². The normalized spacial score (nSPS) is 17.4. The molecule has 0 atom stereocenters. The second-order valence-corrected chi connectivity index (χ2v) is 5.21. The Balaban J connectivity index is 2.02. The van der Waals surface area contributed by atoms with Gasteiger partial charge in [-0.3, -0.25) is 4.79 Å². The zero-order chi connectivity index (χ0) is 12.5. The summed E-state index contributed by atoms with van der Waals surface area (Å²) in [7, 11) is 0. The average molecular weight is 253 g/mol. The van der Waals surface area contributed by atoms with Crippen molar-refractivity contribution in [2.45, 2.75) is 31.7 Å². The van der Waals surface area contributed by atoms with Crippen molar-refractivity contribution in [3.05, 3.63) is 34.3 Å². The van der Waals surface area contributed by atoms with E-state index >= 15 is 0 Å². The number of aryl methyl sites for hydroxylation is 1. The van der Waals surface area contributed by atoms with Gasteiger partial charge in [0.1, 0.15) is 0 Å². The molecule has 1 aromatic carbocycles. The largest absolute Gasteiger partial charge is 0.350 e. The Morgan fingerprint density at radius 1 is 1.53 bits per heavy atom. The van der Waals surface area contributed by atoms with Crippen LogP contribution in [0.2, 0.25) is 5.02 Å². The molecule has 1 aliphatic rings. The zero-order valence-electron chi connectivity index (χ0n) is 9.92. The maximum Gasteiger partial charge on any atom is 0.252 e. The van der Waals surface area contributed by atoms with Crippen LogP contribution < -0.4 is 11.1 Å². The van der Waals surface area contributed by atoms with Crippen LogP contribution in [0.1, 0.15) is 35.2 Å². The van der Waals surface area contributed by atoms with Gasteiger partial charge in [0.15, 0.2) is 0 Å². The van der Waals surface area contributed by atoms with Gasteiger partial charge in [-0.05, 0) is 37.8 Å². The Bertz CT molecular complexity index is 441. The Kier molecular flexibility index (Phi) is 3.40. The maximum atomic E-state index is 12.0. The third-order valence-corrected chi connectivity index (χ3v) is 3.89. The van der Waals surface area contributed by atoms with Gasteiger partial charge in [0, 0.05) is 12.1 Å². The molecule has 1 aromatic rings. The Morgan fingerprint density at radius 2 is 2.24 bits per heavy atom. The summed E-state index contributed by atoms with van der Waals surface area (Å²) >= 11 is 6.09. The highest BCUT2D eigenvalue weighted by Crippen LogP contribution is 2.28. The van der Waals surface area contributed by atoms with E-state index in [1.807, 2.05) is 19.1 Å². The van der Waals surface area contributed by atoms with Gasteiger partial charge in [0.05, 0.1) is 10.6 Å². The number of nitrogens with one attached hydrogen (secondary N) is 1. The monoisotopic (exact) mass is 252 g/mol. The second-order valence-electron chi connectivity index (χ2n) is 4.84. The van der Waals surface area contributed by atoms with Crippen LogP contribution in [0.25, 0.3) is 0 Å². The van der Waals surface area contributed by atoms with E-state index in [-0.39, 0.29) is 11.4 Å². The smallest absolute Gasteiger partial charge is 0.252 e. The summed E-state index contributed by atoms with van der Waals surface area (Å²) in [6.07, 6.45) is 3.11. The summed E-state index contributed by atoms with van der Waals surface area (Å²) in [4.78, 5) is 12.0. The summed E-state index contributed by atoms with van der Waals surface area (Å²) in [5, 5.41) is 3.38. The number of benzene rings is 1. The molecule has 1 amide bonds. The van der Waals surface area contributed by atoms with Crippen molar-refractivity contribution >= 4 is 17.5 Å². The molecule has 0 aliphatic heterocycles. The third-order valence-electron chi connectivity index (χ3n) is 3.39. The molecule has 0 saturated heterocycles. The molecule has 0 heterocycles. The fourth-order valence-corrected chi connectivity index (χ4v) is 2.19. The van der Waals surface area contributed by atoms with Crippen LogP contribution in [-0.2, 0) is 0 Å². The van der Waals surface area contributed by atoms with E-state index in [9.17, 15) is 4.79 Å². The minimum absolute atomic E-state index is 0.143. The highest BCUT2D eigenvalue weighted by molar-refractivity contribution is 6.34. The molecule has 1 aliphatic carbocycles. The molecule has 4 heteroatoms. The molecular formula is C13H17ClN2O. The number of carbonyl (C=O) groups is 1. The molecule has 17 heavy (non-hydrogen) atoms. The van der Waals surface area contributed by atoms with Gasteiger partial charge in [-0.15, -0.1) is 0 Å². The first-order valence-corrected chi connectivity index (χ1v) is 6.22. The molecule has 1 fully saturated rings. The van der Waals surface area contributed by atoms with Gasteiger partial charge in [-0.25, -0.2) is 0 Å². The Labute approximate surface area is 106 Å². The van der Waals surface area contributed by atoms with Crippen molar-refractivity contribution in [3.63, 3.8) is 0 Å². The number of halogens is 1. The maximum absolute atomic E-state index is 12.0. The minimum atomic E-state index is -0.202. The number of carbonyl (C=O) groups excluding carboxylic acids is 1. The number of hydrogen-bond donors (Lipinski definition) is 2. The highest BCUT2D eigenvalue weighted by Gasteiger charge is 2.32. The standard InChI is InChI=1S/C13H17ClN2O/c1-9-4-2-5-10(11(9)14)12(17)16-8-13(15)6-3-7-13/h2,4-5H,3,6-8,15H2,1H3,(H,16,17). The van der Waals surface area contributed by atoms with E-state index in [0.717, 1.165) is 24.8 Å². The summed E-state index contributed by atoms with van der Waals surface area (Å²) in [5.74, 6) is -0.143. The minimum Gasteiger partial charge on any atom is -0.350 e. The Morgan fingerprint density at radius 3 is 2.82 bits per heavy atom. The molecule has 92 valence electrons. The molecule has 0 spiro atoms. The Hall–Kier alpha value is -1.06. The van der Waals surface area contributed by atoms with Gasteiger partial charge in [-0.2, -0.15) is 0 Å². The SMILES string of the molecule is Cc1cccc(C(=O)NCC2(N)CCC2)c1Cl. The second kappa shape index (κ2) is 4.67. The van der Waals surface area contributed by atoms with Crippen LogP contribution in [-0.4, -0.2) is 18.0 Å². The van der Waals surface area contributed by atoms with Gasteiger partial charge < -0.3 is 11.1 Å². The van der Waals surface area contributed by atoms with Gasteiger partial charge in [-0.1, -0.05) is 23.7 Å². The van der Waals surface area contributed by atoms with Crippen molar-refractivity contribution in [2.24, 2.45) is 5.73 Å². The number of rotatable bonds is 3. The van der Waals surface area contributed by atoms with E-state index in [2.05, 4.69) is 5.32 Å². The molecule has 0 aromatic heterocycles. The summed E-state index contributed by atoms with van der Waals surface area (Å²) in [6, 6.07) is 5.45. The first-order valence-electron chi connectivity index (χ1n) is 5.84. The number of nitrogens with two attached hydrogens (primary N) is 1. The van der Waals surface area contributed by atoms with Crippen LogP contribution in [0.3, 0.4) is 0 Å². The lowest BCUT2D eigenvalue weighted by molar-refractivity contribution is 0.0930. The number of amides is 1. The van der Waals surface area contributed by atoms with Crippen LogP contribution in [0.15, 0.2) is 18.2 Å². The first-order chi connectivity index (χ1) is 8.02. The predicted octanol–water partition coefficient (Wildman–Crippen LogP) is 2.26. The molecule has 2 rings (SSSR count). The molecule has 1 saturated carbocycles. The molecule has 0 unspecified atom stereocenters. The first kappa shape index (κ1) is 12.4. The zero-order valence-corrected chi connectivity index (χ0v) is 10.7. The van der Waals surface area contributed by atoms with Crippen LogP contribution in [0, 0.1) is 6.92 Å². The van der Waals surface area contributed by atoms with E-state index in [1.54, 1.807) is 6.07 Å². The van der Waals surface area contributed by atoms with Crippen molar-refractivity contribution < 1.29 is 4.79 Å². The van der Waals surface area contributed by atoms with E-state index in [0.29, 0.717) is 17.1 Å². The molecule has 3 nitrogen and oxygen atoms in total. The van der Waals surface area contributed by atoms with Crippen LogP contribution in [0.4, 0.5) is 0 Å². The lowest BCUT2D eigenvalue weighted by Crippen LogP contribution is -2.54.